The molecule has 1 spiro atoms. The van der Waals surface area contributed by atoms with Crippen LogP contribution in [0.5, 0.6) is 0 Å². The van der Waals surface area contributed by atoms with E-state index in [0.717, 1.165) is 31.4 Å². The van der Waals surface area contributed by atoms with Crippen molar-refractivity contribution in [2.45, 2.75) is 70.8 Å². The Hall–Kier alpha value is -2.89. The number of aromatic nitrogens is 4. The topological polar surface area (TPSA) is 66.8 Å². The molecule has 6 rings (SSSR count). The van der Waals surface area contributed by atoms with Crippen molar-refractivity contribution in [1.82, 2.24) is 24.9 Å². The Kier molecular flexibility index (Phi) is 4.75. The smallest absolute Gasteiger partial charge is 0.245 e. The maximum absolute atomic E-state index is 11.9. The highest BCUT2D eigenvalue weighted by molar-refractivity contribution is 5.97. The van der Waals surface area contributed by atoms with Gasteiger partial charge in [0, 0.05) is 41.1 Å². The minimum Gasteiger partial charge on any atom is -0.338 e. The predicted molar refractivity (Wildman–Crippen MR) is 130 cm³/mol. The number of rotatable bonds is 4. The number of amides is 1. The standard InChI is InChI=1S/C27H33N5O/c1-4-23(33)31-15-27(16-31)12-20(13-27)32-18(3)25(26(30-32)19-8-6-5-7-9-19)24-17(2)10-11-22-21(24)14-28-29-22/h4,10-11,14,19-20H,1,5-9,12-13,15-16H2,2-3H3,(H,28,29). The van der Waals surface area contributed by atoms with Gasteiger partial charge in [-0.05, 0) is 62.8 Å². The number of hydrogen-bond acceptors (Lipinski definition) is 3. The van der Waals surface area contributed by atoms with Crippen LogP contribution in [-0.2, 0) is 4.79 Å². The van der Waals surface area contributed by atoms with Gasteiger partial charge in [0.25, 0.3) is 0 Å². The molecule has 1 amide bonds. The summed E-state index contributed by atoms with van der Waals surface area (Å²) in [6.45, 7) is 9.82. The Morgan fingerprint density at radius 1 is 1.15 bits per heavy atom. The van der Waals surface area contributed by atoms with Crippen molar-refractivity contribution in [3.63, 3.8) is 0 Å². The fourth-order valence-corrected chi connectivity index (χ4v) is 6.74. The molecule has 1 saturated heterocycles. The number of likely N-dealkylation sites (tertiary alicyclic amines) is 1. The van der Waals surface area contributed by atoms with Gasteiger partial charge in [0.05, 0.1) is 23.4 Å². The van der Waals surface area contributed by atoms with Crippen molar-refractivity contribution in [3.8, 4) is 11.1 Å². The molecule has 0 unspecified atom stereocenters. The third-order valence-electron chi connectivity index (χ3n) is 8.47. The van der Waals surface area contributed by atoms with Crippen LogP contribution in [-0.4, -0.2) is 43.9 Å². The van der Waals surface area contributed by atoms with Gasteiger partial charge in [-0.25, -0.2) is 0 Å². The van der Waals surface area contributed by atoms with E-state index in [0.29, 0.717) is 12.0 Å². The van der Waals surface area contributed by atoms with E-state index in [4.69, 9.17) is 5.10 Å². The fourth-order valence-electron chi connectivity index (χ4n) is 6.74. The lowest BCUT2D eigenvalue weighted by Gasteiger charge is -2.58. The van der Waals surface area contributed by atoms with Gasteiger partial charge in [0.2, 0.25) is 5.91 Å². The Bertz CT molecular complexity index is 1230. The molecule has 3 aromatic rings. The van der Waals surface area contributed by atoms with Crippen molar-refractivity contribution < 1.29 is 4.79 Å². The summed E-state index contributed by atoms with van der Waals surface area (Å²) in [5.74, 6) is 0.596. The molecule has 6 nitrogen and oxygen atoms in total. The number of carbonyl (C=O) groups excluding carboxylic acids is 1. The van der Waals surface area contributed by atoms with Crippen LogP contribution in [0, 0.1) is 19.3 Å². The third-order valence-corrected chi connectivity index (χ3v) is 8.47. The molecule has 1 N–H and O–H groups in total. The Morgan fingerprint density at radius 2 is 1.91 bits per heavy atom. The second-order valence-electron chi connectivity index (χ2n) is 10.7. The molecule has 2 aliphatic carbocycles. The van der Waals surface area contributed by atoms with Crippen molar-refractivity contribution >= 4 is 16.8 Å². The van der Waals surface area contributed by atoms with E-state index in [9.17, 15) is 4.79 Å². The van der Waals surface area contributed by atoms with Gasteiger partial charge in [-0.2, -0.15) is 10.2 Å². The molecule has 3 fully saturated rings. The molecule has 3 aliphatic rings. The van der Waals surface area contributed by atoms with Crippen LogP contribution in [0.4, 0.5) is 0 Å². The minimum absolute atomic E-state index is 0.0601. The van der Waals surface area contributed by atoms with E-state index in [1.165, 1.54) is 71.6 Å². The lowest BCUT2D eigenvalue weighted by molar-refractivity contribution is -0.149. The van der Waals surface area contributed by atoms with Crippen LogP contribution in [0.25, 0.3) is 22.0 Å². The van der Waals surface area contributed by atoms with Crippen LogP contribution >= 0.6 is 0 Å². The van der Waals surface area contributed by atoms with Crippen LogP contribution in [0.2, 0.25) is 0 Å². The van der Waals surface area contributed by atoms with Crippen LogP contribution < -0.4 is 0 Å². The van der Waals surface area contributed by atoms with Crippen LogP contribution in [0.15, 0.2) is 31.0 Å². The average Bonchev–Trinajstić information content (AvgIpc) is 3.37. The summed E-state index contributed by atoms with van der Waals surface area (Å²) < 4.78 is 2.33. The summed E-state index contributed by atoms with van der Waals surface area (Å²) in [5, 5.41) is 14.0. The van der Waals surface area contributed by atoms with Crippen LogP contribution in [0.1, 0.15) is 73.9 Å². The summed E-state index contributed by atoms with van der Waals surface area (Å²) in [5.41, 5.74) is 7.86. The Labute approximate surface area is 195 Å². The third kappa shape index (κ3) is 3.17. The van der Waals surface area contributed by atoms with Gasteiger partial charge in [0.15, 0.2) is 0 Å². The molecule has 172 valence electrons. The van der Waals surface area contributed by atoms with Gasteiger partial charge in [-0.3, -0.25) is 14.6 Å². The van der Waals surface area contributed by atoms with E-state index in [1.54, 1.807) is 0 Å². The highest BCUT2D eigenvalue weighted by atomic mass is 16.2. The number of nitrogens with one attached hydrogen (secondary N) is 1. The molecular weight excluding hydrogens is 410 g/mol. The van der Waals surface area contributed by atoms with Gasteiger partial charge >= 0.3 is 0 Å². The molecule has 0 atom stereocenters. The number of aryl methyl sites for hydroxylation is 1. The number of hydrogen-bond donors (Lipinski definition) is 1. The average molecular weight is 444 g/mol. The molecule has 3 heterocycles. The lowest BCUT2D eigenvalue weighted by Crippen LogP contribution is -2.63. The molecule has 0 bridgehead atoms. The zero-order chi connectivity index (χ0) is 22.7. The predicted octanol–water partition coefficient (Wildman–Crippen LogP) is 5.44. The summed E-state index contributed by atoms with van der Waals surface area (Å²) in [6.07, 6.45) is 12.0. The number of carbonyl (C=O) groups is 1. The zero-order valence-electron chi connectivity index (χ0n) is 19.7. The number of H-pyrrole nitrogens is 1. The first-order chi connectivity index (χ1) is 16.0. The normalized spacial score (nSPS) is 20.7. The molecule has 0 radical (unpaired) electrons. The quantitative estimate of drug-likeness (QED) is 0.546. The largest absolute Gasteiger partial charge is 0.338 e. The van der Waals surface area contributed by atoms with E-state index in [-0.39, 0.29) is 11.3 Å². The minimum atomic E-state index is 0.0601. The number of benzene rings is 1. The lowest BCUT2D eigenvalue weighted by atomic mass is 9.60. The van der Waals surface area contributed by atoms with E-state index >= 15 is 0 Å². The highest BCUT2D eigenvalue weighted by Gasteiger charge is 2.54. The first kappa shape index (κ1) is 20.7. The van der Waals surface area contributed by atoms with Gasteiger partial charge < -0.3 is 4.90 Å². The van der Waals surface area contributed by atoms with E-state index < -0.39 is 0 Å². The fraction of sp³-hybridized carbons (Fsp3) is 0.519. The highest BCUT2D eigenvalue weighted by Crippen LogP contribution is 2.55. The summed E-state index contributed by atoms with van der Waals surface area (Å²) in [6, 6.07) is 4.75. The monoisotopic (exact) mass is 443 g/mol. The van der Waals surface area contributed by atoms with Crippen molar-refractivity contribution in [2.75, 3.05) is 13.1 Å². The molecule has 2 aromatic heterocycles. The molecule has 2 saturated carbocycles. The molecular formula is C27H33N5O. The van der Waals surface area contributed by atoms with Gasteiger partial charge in [-0.15, -0.1) is 0 Å². The SMILES string of the molecule is C=CC(=O)N1CC2(CC(n3nc(C4CCCCC4)c(-c4c(C)ccc5[nH]ncc45)c3C)C2)C1. The Morgan fingerprint density at radius 3 is 2.64 bits per heavy atom. The molecule has 1 aliphatic heterocycles. The maximum Gasteiger partial charge on any atom is 0.245 e. The number of aromatic amines is 1. The molecule has 1 aromatic carbocycles. The zero-order valence-corrected chi connectivity index (χ0v) is 19.7. The van der Waals surface area contributed by atoms with Crippen molar-refractivity contribution in [1.29, 1.82) is 0 Å². The first-order valence-corrected chi connectivity index (χ1v) is 12.4. The van der Waals surface area contributed by atoms with Crippen molar-refractivity contribution in [3.05, 3.63) is 47.9 Å². The van der Waals surface area contributed by atoms with E-state index in [2.05, 4.69) is 47.4 Å². The number of fused-ring (bicyclic) bond motifs is 1. The van der Waals surface area contributed by atoms with Gasteiger partial charge in [0.1, 0.15) is 0 Å². The maximum atomic E-state index is 11.9. The second-order valence-corrected chi connectivity index (χ2v) is 10.7. The van der Waals surface area contributed by atoms with E-state index in [1.807, 2.05) is 11.1 Å². The second kappa shape index (κ2) is 7.57. The summed E-state index contributed by atoms with van der Waals surface area (Å²) >= 11 is 0. The first-order valence-electron chi connectivity index (χ1n) is 12.4. The summed E-state index contributed by atoms with van der Waals surface area (Å²) in [4.78, 5) is 13.8. The number of nitrogens with zero attached hydrogens (tertiary/aromatic N) is 4. The molecule has 6 heteroatoms. The van der Waals surface area contributed by atoms with Crippen LogP contribution in [0.3, 0.4) is 0 Å². The molecule has 33 heavy (non-hydrogen) atoms. The Balaban J connectivity index is 1.38. The van der Waals surface area contributed by atoms with Crippen molar-refractivity contribution in [2.24, 2.45) is 5.41 Å². The van der Waals surface area contributed by atoms with Gasteiger partial charge in [-0.1, -0.05) is 31.9 Å². The summed E-state index contributed by atoms with van der Waals surface area (Å²) in [7, 11) is 0.